The van der Waals surface area contributed by atoms with Crippen molar-refractivity contribution >= 4 is 17.8 Å². The highest BCUT2D eigenvalue weighted by Gasteiger charge is 2.29. The molecule has 6 heteroatoms. The fourth-order valence-corrected chi connectivity index (χ4v) is 4.04. The molecule has 0 aliphatic heterocycles. The van der Waals surface area contributed by atoms with Crippen LogP contribution in [0.2, 0.25) is 0 Å². The van der Waals surface area contributed by atoms with Crippen LogP contribution in [-0.4, -0.2) is 51.9 Å². The molecule has 1 N–H and O–H groups in total. The Morgan fingerprint density at radius 3 is 2.83 bits per heavy atom. The largest absolute Gasteiger partial charge is 0.338 e. The van der Waals surface area contributed by atoms with Crippen LogP contribution in [0.25, 0.3) is 0 Å². The molecule has 0 unspecified atom stereocenters. The molecule has 1 aliphatic rings. The molecule has 3 atom stereocenters. The van der Waals surface area contributed by atoms with Gasteiger partial charge in [-0.3, -0.25) is 4.68 Å². The Kier molecular flexibility index (Phi) is 6.39. The van der Waals surface area contributed by atoms with Crippen molar-refractivity contribution < 1.29 is 4.79 Å². The molecule has 2 amide bonds. The lowest BCUT2D eigenvalue weighted by Crippen LogP contribution is -2.44. The molecular weight excluding hydrogens is 308 g/mol. The number of thioether (sulfide) groups is 1. The van der Waals surface area contributed by atoms with Crippen LogP contribution in [0.4, 0.5) is 4.79 Å². The summed E-state index contributed by atoms with van der Waals surface area (Å²) in [5, 5.41) is 8.27. The third kappa shape index (κ3) is 4.90. The number of aryl methyl sites for hydroxylation is 2. The van der Waals surface area contributed by atoms with Crippen molar-refractivity contribution in [3.63, 3.8) is 0 Å². The van der Waals surface area contributed by atoms with Crippen molar-refractivity contribution in [1.82, 2.24) is 20.0 Å². The number of rotatable bonds is 6. The molecule has 1 aromatic heterocycles. The summed E-state index contributed by atoms with van der Waals surface area (Å²) in [4.78, 5) is 14.2. The van der Waals surface area contributed by atoms with E-state index >= 15 is 0 Å². The molecule has 0 radical (unpaired) electrons. The molecule has 1 aliphatic carbocycles. The number of nitrogens with zero attached hydrogens (tertiary/aromatic N) is 3. The lowest BCUT2D eigenvalue weighted by molar-refractivity contribution is 0.189. The van der Waals surface area contributed by atoms with Gasteiger partial charge >= 0.3 is 6.03 Å². The van der Waals surface area contributed by atoms with Gasteiger partial charge in [0, 0.05) is 37.1 Å². The van der Waals surface area contributed by atoms with Gasteiger partial charge in [-0.1, -0.05) is 6.92 Å². The summed E-state index contributed by atoms with van der Waals surface area (Å²) in [6.07, 6.45) is 5.62. The maximum Gasteiger partial charge on any atom is 0.317 e. The molecule has 1 saturated carbocycles. The zero-order valence-electron chi connectivity index (χ0n) is 15.0. The fraction of sp³-hybridized carbons (Fsp3) is 0.765. The molecule has 1 fully saturated rings. The minimum absolute atomic E-state index is 0.0528. The van der Waals surface area contributed by atoms with Gasteiger partial charge in [-0.25, -0.2) is 4.79 Å². The van der Waals surface area contributed by atoms with Crippen LogP contribution in [0.1, 0.15) is 37.6 Å². The molecule has 0 bridgehead atoms. The third-order valence-electron chi connectivity index (χ3n) is 4.75. The van der Waals surface area contributed by atoms with Crippen LogP contribution < -0.4 is 5.32 Å². The molecule has 23 heavy (non-hydrogen) atoms. The van der Waals surface area contributed by atoms with E-state index in [2.05, 4.69) is 36.6 Å². The maximum atomic E-state index is 12.3. The lowest BCUT2D eigenvalue weighted by atomic mass is 10.2. The van der Waals surface area contributed by atoms with Crippen molar-refractivity contribution in [2.75, 3.05) is 19.8 Å². The van der Waals surface area contributed by atoms with E-state index in [1.807, 2.05) is 35.3 Å². The Labute approximate surface area is 144 Å². The highest BCUT2D eigenvalue weighted by atomic mass is 32.2. The van der Waals surface area contributed by atoms with Gasteiger partial charge in [-0.2, -0.15) is 16.9 Å². The van der Waals surface area contributed by atoms with Crippen LogP contribution in [-0.2, 0) is 6.54 Å². The monoisotopic (exact) mass is 338 g/mol. The molecule has 5 nitrogen and oxygen atoms in total. The Balaban J connectivity index is 1.76. The van der Waals surface area contributed by atoms with E-state index in [9.17, 15) is 4.79 Å². The van der Waals surface area contributed by atoms with Crippen molar-refractivity contribution in [2.24, 2.45) is 5.92 Å². The molecule has 1 aromatic rings. The van der Waals surface area contributed by atoms with Crippen molar-refractivity contribution in [3.8, 4) is 0 Å². The van der Waals surface area contributed by atoms with E-state index in [1.165, 1.54) is 12.1 Å². The number of carbonyl (C=O) groups is 1. The van der Waals surface area contributed by atoms with Gasteiger partial charge in [0.25, 0.3) is 0 Å². The van der Waals surface area contributed by atoms with Gasteiger partial charge in [-0.05, 0) is 51.3 Å². The van der Waals surface area contributed by atoms with Gasteiger partial charge in [0.05, 0.1) is 5.69 Å². The summed E-state index contributed by atoms with van der Waals surface area (Å²) in [6.45, 7) is 7.74. The first-order valence-corrected chi connectivity index (χ1v) is 9.74. The van der Waals surface area contributed by atoms with Crippen LogP contribution >= 0.6 is 11.8 Å². The van der Waals surface area contributed by atoms with E-state index < -0.39 is 0 Å². The number of amides is 2. The number of nitrogens with one attached hydrogen (secondary N) is 1. The topological polar surface area (TPSA) is 50.2 Å². The number of carbonyl (C=O) groups excluding carboxylic acids is 1. The van der Waals surface area contributed by atoms with Crippen LogP contribution in [0.5, 0.6) is 0 Å². The van der Waals surface area contributed by atoms with E-state index in [0.717, 1.165) is 25.1 Å². The number of hydrogen-bond donors (Lipinski definition) is 1. The Morgan fingerprint density at radius 1 is 1.52 bits per heavy atom. The molecule has 0 spiro atoms. The zero-order chi connectivity index (χ0) is 17.0. The van der Waals surface area contributed by atoms with E-state index in [1.54, 1.807) is 0 Å². The highest BCUT2D eigenvalue weighted by molar-refractivity contribution is 7.99. The standard InChI is InChI=1S/C17H30N4OS/c1-12(11-21-14(3)8-13(2)19-21)10-18-17(22)20(4)15-6-7-16(9-15)23-5/h8,12,15-16H,6-7,9-11H2,1-5H3,(H,18,22)/t12-,15+,16-/m1/s1. The Bertz CT molecular complexity index is 531. The second kappa shape index (κ2) is 8.08. The molecule has 1 heterocycles. The number of aromatic nitrogens is 2. The van der Waals surface area contributed by atoms with Crippen LogP contribution in [0, 0.1) is 19.8 Å². The molecule has 130 valence electrons. The van der Waals surface area contributed by atoms with Crippen molar-refractivity contribution in [2.45, 2.75) is 57.9 Å². The number of urea groups is 1. The first-order chi connectivity index (χ1) is 10.9. The summed E-state index contributed by atoms with van der Waals surface area (Å²) in [5.41, 5.74) is 2.22. The fourth-order valence-electron chi connectivity index (χ4n) is 3.25. The van der Waals surface area contributed by atoms with Gasteiger partial charge < -0.3 is 10.2 Å². The van der Waals surface area contributed by atoms with Gasteiger partial charge in [0.2, 0.25) is 0 Å². The predicted molar refractivity (Wildman–Crippen MR) is 97.0 cm³/mol. The first-order valence-electron chi connectivity index (χ1n) is 8.45. The smallest absolute Gasteiger partial charge is 0.317 e. The Hall–Kier alpha value is -1.17. The SMILES string of the molecule is CS[C@@H]1CC[C@H](N(C)C(=O)NC[C@@H](C)Cn2nc(C)cc2C)C1. The molecule has 0 saturated heterocycles. The highest BCUT2D eigenvalue weighted by Crippen LogP contribution is 2.30. The number of hydrogen-bond acceptors (Lipinski definition) is 3. The molecular formula is C17H30N4OS. The van der Waals surface area contributed by atoms with Crippen molar-refractivity contribution in [1.29, 1.82) is 0 Å². The van der Waals surface area contributed by atoms with Gasteiger partial charge in [0.15, 0.2) is 0 Å². The van der Waals surface area contributed by atoms with Gasteiger partial charge in [0.1, 0.15) is 0 Å². The maximum absolute atomic E-state index is 12.3. The summed E-state index contributed by atoms with van der Waals surface area (Å²) < 4.78 is 2.02. The van der Waals surface area contributed by atoms with Crippen LogP contribution in [0.15, 0.2) is 6.07 Å². The lowest BCUT2D eigenvalue weighted by Gasteiger charge is -2.26. The normalized spacial score (nSPS) is 22.1. The quantitative estimate of drug-likeness (QED) is 0.867. The summed E-state index contributed by atoms with van der Waals surface area (Å²) in [7, 11) is 1.92. The van der Waals surface area contributed by atoms with Crippen LogP contribution in [0.3, 0.4) is 0 Å². The second-order valence-electron chi connectivity index (χ2n) is 6.84. The van der Waals surface area contributed by atoms with E-state index in [4.69, 9.17) is 0 Å². The summed E-state index contributed by atoms with van der Waals surface area (Å²) >= 11 is 1.92. The van der Waals surface area contributed by atoms with Gasteiger partial charge in [-0.15, -0.1) is 0 Å². The third-order valence-corrected chi connectivity index (χ3v) is 5.84. The van der Waals surface area contributed by atoms with E-state index in [-0.39, 0.29) is 6.03 Å². The summed E-state index contributed by atoms with van der Waals surface area (Å²) in [6, 6.07) is 2.53. The average molecular weight is 339 g/mol. The molecule has 2 rings (SSSR count). The Morgan fingerprint density at radius 2 is 2.26 bits per heavy atom. The first kappa shape index (κ1) is 18.2. The zero-order valence-corrected chi connectivity index (χ0v) is 15.8. The van der Waals surface area contributed by atoms with Crippen molar-refractivity contribution in [3.05, 3.63) is 17.5 Å². The minimum Gasteiger partial charge on any atom is -0.338 e. The van der Waals surface area contributed by atoms with E-state index in [0.29, 0.717) is 23.8 Å². The predicted octanol–water partition coefficient (Wildman–Crippen LogP) is 3.06. The minimum atomic E-state index is 0.0528. The average Bonchev–Trinajstić information content (AvgIpc) is 3.11. The summed E-state index contributed by atoms with van der Waals surface area (Å²) in [5.74, 6) is 0.355. The second-order valence-corrected chi connectivity index (χ2v) is 7.97. The molecule has 0 aromatic carbocycles.